The van der Waals surface area contributed by atoms with Crippen LogP contribution in [0.4, 0.5) is 8.78 Å². The maximum Gasteiger partial charge on any atom is 0.337 e. The number of halogens is 2. The average Bonchev–Trinajstić information content (AvgIpc) is 2.42. The van der Waals surface area contributed by atoms with Crippen LogP contribution in [-0.4, -0.2) is 0 Å². The van der Waals surface area contributed by atoms with Crippen LogP contribution in [-0.2, 0) is 0 Å². The topological polar surface area (TPSA) is 30.2 Å². The van der Waals surface area contributed by atoms with E-state index >= 15 is 0 Å². The van der Waals surface area contributed by atoms with Gasteiger partial charge >= 0.3 is 5.63 Å². The monoisotopic (exact) mass is 290 g/mol. The Morgan fingerprint density at radius 3 is 2.55 bits per heavy atom. The first-order chi connectivity index (χ1) is 9.63. The van der Waals surface area contributed by atoms with E-state index in [2.05, 4.69) is 0 Å². The van der Waals surface area contributed by atoms with Crippen LogP contribution >= 0.6 is 11.8 Å². The van der Waals surface area contributed by atoms with Gasteiger partial charge in [-0.05, 0) is 30.3 Å². The highest BCUT2D eigenvalue weighted by Crippen LogP contribution is 2.34. The lowest BCUT2D eigenvalue weighted by molar-refractivity contribution is 0.554. The number of hydrogen-bond donors (Lipinski definition) is 0. The van der Waals surface area contributed by atoms with Crippen molar-refractivity contribution in [2.45, 2.75) is 9.79 Å². The van der Waals surface area contributed by atoms with Crippen molar-refractivity contribution in [3.63, 3.8) is 0 Å². The third-order valence-electron chi connectivity index (χ3n) is 2.72. The molecule has 0 saturated carbocycles. The predicted octanol–water partition coefficient (Wildman–Crippen LogP) is 4.22. The maximum atomic E-state index is 13.7. The molecule has 0 bridgehead atoms. The van der Waals surface area contributed by atoms with E-state index in [0.717, 1.165) is 11.8 Å². The van der Waals surface area contributed by atoms with Crippen LogP contribution in [0, 0.1) is 11.6 Å². The summed E-state index contributed by atoms with van der Waals surface area (Å²) in [4.78, 5) is 12.3. The van der Waals surface area contributed by atoms with E-state index in [1.165, 1.54) is 30.3 Å². The van der Waals surface area contributed by atoms with Gasteiger partial charge in [-0.3, -0.25) is 0 Å². The van der Waals surface area contributed by atoms with E-state index in [1.807, 2.05) is 0 Å². The Bertz CT molecular complexity index is 843. The minimum Gasteiger partial charge on any atom is -0.423 e. The van der Waals surface area contributed by atoms with Crippen molar-refractivity contribution >= 4 is 22.7 Å². The molecule has 0 unspecified atom stereocenters. The Morgan fingerprint density at radius 1 is 0.950 bits per heavy atom. The summed E-state index contributed by atoms with van der Waals surface area (Å²) in [5.41, 5.74) is -0.277. The van der Waals surface area contributed by atoms with Crippen molar-refractivity contribution in [1.29, 1.82) is 0 Å². The summed E-state index contributed by atoms with van der Waals surface area (Å²) in [6, 6.07) is 11.3. The Labute approximate surface area is 117 Å². The molecule has 2 nitrogen and oxygen atoms in total. The van der Waals surface area contributed by atoms with E-state index in [0.29, 0.717) is 15.2 Å². The second-order valence-corrected chi connectivity index (χ2v) is 5.19. The second-order valence-electron chi connectivity index (χ2n) is 4.10. The van der Waals surface area contributed by atoms with E-state index < -0.39 is 17.3 Å². The third-order valence-corrected chi connectivity index (χ3v) is 3.83. The lowest BCUT2D eigenvalue weighted by Gasteiger charge is -2.06. The fourth-order valence-electron chi connectivity index (χ4n) is 1.84. The largest absolute Gasteiger partial charge is 0.423 e. The molecule has 3 rings (SSSR count). The van der Waals surface area contributed by atoms with Crippen LogP contribution in [0.3, 0.4) is 0 Å². The summed E-state index contributed by atoms with van der Waals surface area (Å²) >= 11 is 1.06. The van der Waals surface area contributed by atoms with Gasteiger partial charge in [0.25, 0.3) is 0 Å². The molecule has 0 saturated heterocycles. The summed E-state index contributed by atoms with van der Waals surface area (Å²) < 4.78 is 32.0. The molecule has 0 amide bonds. The normalized spacial score (nSPS) is 10.9. The zero-order chi connectivity index (χ0) is 14.1. The Hall–Kier alpha value is -2.14. The molecule has 0 radical (unpaired) electrons. The highest BCUT2D eigenvalue weighted by atomic mass is 32.2. The van der Waals surface area contributed by atoms with Gasteiger partial charge in [0.15, 0.2) is 0 Å². The van der Waals surface area contributed by atoms with Crippen LogP contribution in [0.2, 0.25) is 0 Å². The highest BCUT2D eigenvalue weighted by Gasteiger charge is 2.10. The summed E-state index contributed by atoms with van der Waals surface area (Å²) in [6.45, 7) is 0. The van der Waals surface area contributed by atoms with Gasteiger partial charge in [0.1, 0.15) is 17.2 Å². The van der Waals surface area contributed by atoms with Crippen molar-refractivity contribution in [2.24, 2.45) is 0 Å². The number of benzene rings is 2. The van der Waals surface area contributed by atoms with Gasteiger partial charge in [-0.1, -0.05) is 23.9 Å². The molecule has 0 spiro atoms. The molecule has 20 heavy (non-hydrogen) atoms. The summed E-state index contributed by atoms with van der Waals surface area (Å²) in [5.74, 6) is -0.836. The first kappa shape index (κ1) is 12.9. The molecule has 0 aliphatic rings. The minimum atomic E-state index is -0.553. The molecular formula is C15H8F2O2S. The number of rotatable bonds is 2. The first-order valence-electron chi connectivity index (χ1n) is 5.79. The molecule has 0 atom stereocenters. The van der Waals surface area contributed by atoms with Gasteiger partial charge in [0, 0.05) is 21.2 Å². The number of hydrogen-bond acceptors (Lipinski definition) is 3. The molecule has 0 N–H and O–H groups in total. The van der Waals surface area contributed by atoms with Crippen LogP contribution in [0.15, 0.2) is 67.5 Å². The van der Waals surface area contributed by atoms with Crippen molar-refractivity contribution in [3.05, 3.63) is 70.6 Å². The summed E-state index contributed by atoms with van der Waals surface area (Å²) in [7, 11) is 0. The van der Waals surface area contributed by atoms with Gasteiger partial charge in [-0.15, -0.1) is 0 Å². The smallest absolute Gasteiger partial charge is 0.337 e. The van der Waals surface area contributed by atoms with Crippen molar-refractivity contribution in [2.75, 3.05) is 0 Å². The zero-order valence-corrected chi connectivity index (χ0v) is 10.9. The molecule has 1 aromatic heterocycles. The van der Waals surface area contributed by atoms with Crippen molar-refractivity contribution < 1.29 is 13.2 Å². The Morgan fingerprint density at radius 2 is 1.75 bits per heavy atom. The van der Waals surface area contributed by atoms with Gasteiger partial charge < -0.3 is 4.42 Å². The quantitative estimate of drug-likeness (QED) is 0.662. The SMILES string of the molecule is O=c1cc(Sc2ccccc2F)c2cc(F)ccc2o1. The molecule has 0 fully saturated rings. The van der Waals surface area contributed by atoms with Crippen LogP contribution in [0.25, 0.3) is 11.0 Å². The number of fused-ring (bicyclic) bond motifs is 1. The van der Waals surface area contributed by atoms with E-state index in [-0.39, 0.29) is 5.58 Å². The molecule has 3 aromatic rings. The van der Waals surface area contributed by atoms with Crippen LogP contribution in [0.5, 0.6) is 0 Å². The fraction of sp³-hybridized carbons (Fsp3) is 0. The van der Waals surface area contributed by atoms with E-state index in [4.69, 9.17) is 4.42 Å². The Kier molecular flexibility index (Phi) is 3.28. The minimum absolute atomic E-state index is 0.276. The second kappa shape index (κ2) is 5.09. The summed E-state index contributed by atoms with van der Waals surface area (Å²) in [6.07, 6.45) is 0. The molecule has 0 aliphatic heterocycles. The highest BCUT2D eigenvalue weighted by molar-refractivity contribution is 7.99. The third kappa shape index (κ3) is 2.44. The fourth-order valence-corrected chi connectivity index (χ4v) is 2.81. The Balaban J connectivity index is 2.18. The molecule has 5 heteroatoms. The summed E-state index contributed by atoms with van der Waals surface area (Å²) in [5, 5.41) is 0.442. The molecular weight excluding hydrogens is 282 g/mol. The van der Waals surface area contributed by atoms with Gasteiger partial charge in [-0.25, -0.2) is 13.6 Å². The van der Waals surface area contributed by atoms with Crippen LogP contribution in [0.1, 0.15) is 0 Å². The standard InChI is InChI=1S/C15H8F2O2S/c16-9-5-6-12-10(7-9)14(8-15(18)19-12)20-13-4-2-1-3-11(13)17/h1-8H. The molecule has 2 aromatic carbocycles. The zero-order valence-electron chi connectivity index (χ0n) is 10.1. The lowest BCUT2D eigenvalue weighted by atomic mass is 10.2. The molecule has 0 aliphatic carbocycles. The van der Waals surface area contributed by atoms with Gasteiger partial charge in [-0.2, -0.15) is 0 Å². The maximum absolute atomic E-state index is 13.7. The van der Waals surface area contributed by atoms with Crippen molar-refractivity contribution in [3.8, 4) is 0 Å². The first-order valence-corrected chi connectivity index (χ1v) is 6.61. The average molecular weight is 290 g/mol. The van der Waals surface area contributed by atoms with Crippen molar-refractivity contribution in [1.82, 2.24) is 0 Å². The van der Waals surface area contributed by atoms with Gasteiger partial charge in [0.05, 0.1) is 0 Å². The van der Waals surface area contributed by atoms with Crippen LogP contribution < -0.4 is 5.63 Å². The van der Waals surface area contributed by atoms with E-state index in [9.17, 15) is 13.6 Å². The van der Waals surface area contributed by atoms with Gasteiger partial charge in [0.2, 0.25) is 0 Å². The molecule has 1 heterocycles. The van der Waals surface area contributed by atoms with E-state index in [1.54, 1.807) is 18.2 Å². The molecule has 100 valence electrons. The predicted molar refractivity (Wildman–Crippen MR) is 73.0 cm³/mol. The lowest BCUT2D eigenvalue weighted by Crippen LogP contribution is -1.97.